The number of rotatable bonds is 7. The van der Waals surface area contributed by atoms with Crippen molar-refractivity contribution in [2.45, 2.75) is 32.7 Å². The highest BCUT2D eigenvalue weighted by molar-refractivity contribution is 7.07. The number of amides is 1. The van der Waals surface area contributed by atoms with E-state index >= 15 is 0 Å². The fourth-order valence-electron chi connectivity index (χ4n) is 1.44. The molecule has 0 radical (unpaired) electrons. The predicted molar refractivity (Wildman–Crippen MR) is 67.3 cm³/mol. The van der Waals surface area contributed by atoms with Crippen molar-refractivity contribution >= 4 is 17.2 Å². The number of hydrogen-bond donors (Lipinski definition) is 2. The molecular formula is C11H18N2O3S. The van der Waals surface area contributed by atoms with Crippen LogP contribution >= 0.6 is 11.3 Å². The van der Waals surface area contributed by atoms with Crippen LogP contribution in [0.25, 0.3) is 0 Å². The fourth-order valence-corrected chi connectivity index (χ4v) is 2.17. The molecule has 1 aromatic heterocycles. The van der Waals surface area contributed by atoms with Gasteiger partial charge in [-0.3, -0.25) is 14.2 Å². The van der Waals surface area contributed by atoms with E-state index in [4.69, 9.17) is 5.11 Å². The normalized spacial score (nSPS) is 10.5. The highest BCUT2D eigenvalue weighted by Gasteiger charge is 2.07. The summed E-state index contributed by atoms with van der Waals surface area (Å²) in [4.78, 5) is 22.8. The maximum atomic E-state index is 11.5. The third kappa shape index (κ3) is 4.70. The van der Waals surface area contributed by atoms with Gasteiger partial charge in [-0.05, 0) is 26.2 Å². The van der Waals surface area contributed by atoms with Crippen LogP contribution in [0.4, 0.5) is 0 Å². The molecule has 0 bridgehead atoms. The molecule has 0 saturated heterocycles. The Morgan fingerprint density at radius 1 is 1.47 bits per heavy atom. The Labute approximate surface area is 104 Å². The molecule has 0 atom stereocenters. The number of aliphatic hydroxyl groups excluding tert-OH is 1. The van der Waals surface area contributed by atoms with Crippen LogP contribution in [0.2, 0.25) is 0 Å². The van der Waals surface area contributed by atoms with E-state index in [1.807, 2.05) is 6.92 Å². The summed E-state index contributed by atoms with van der Waals surface area (Å²) in [6.45, 7) is 2.69. The van der Waals surface area contributed by atoms with Gasteiger partial charge in [0.2, 0.25) is 5.91 Å². The maximum absolute atomic E-state index is 11.5. The molecular weight excluding hydrogens is 240 g/mol. The van der Waals surface area contributed by atoms with Gasteiger partial charge >= 0.3 is 4.87 Å². The van der Waals surface area contributed by atoms with E-state index in [1.165, 1.54) is 4.57 Å². The average molecular weight is 258 g/mol. The van der Waals surface area contributed by atoms with Crippen LogP contribution in [0.15, 0.2) is 10.2 Å². The number of thiazole rings is 1. The number of aromatic nitrogens is 1. The highest BCUT2D eigenvalue weighted by atomic mass is 32.1. The lowest BCUT2D eigenvalue weighted by atomic mass is 10.2. The molecule has 1 rings (SSSR count). The van der Waals surface area contributed by atoms with Gasteiger partial charge in [0.1, 0.15) is 6.54 Å². The van der Waals surface area contributed by atoms with E-state index in [1.54, 1.807) is 5.38 Å². The molecule has 96 valence electrons. The highest BCUT2D eigenvalue weighted by Crippen LogP contribution is 1.99. The SMILES string of the molecule is Cc1csc(=O)n1CC(=O)NCCCCCO. The summed E-state index contributed by atoms with van der Waals surface area (Å²) in [5.41, 5.74) is 0.815. The van der Waals surface area contributed by atoms with Crippen molar-refractivity contribution in [3.05, 3.63) is 20.7 Å². The number of aryl methyl sites for hydroxylation is 1. The van der Waals surface area contributed by atoms with Crippen LogP contribution in [0.1, 0.15) is 25.0 Å². The van der Waals surface area contributed by atoms with Gasteiger partial charge in [0.25, 0.3) is 0 Å². The minimum absolute atomic E-state index is 0.0914. The van der Waals surface area contributed by atoms with E-state index in [9.17, 15) is 9.59 Å². The second kappa shape index (κ2) is 7.24. The second-order valence-electron chi connectivity index (χ2n) is 3.86. The molecule has 0 aromatic carbocycles. The zero-order chi connectivity index (χ0) is 12.7. The van der Waals surface area contributed by atoms with Crippen molar-refractivity contribution in [1.82, 2.24) is 9.88 Å². The van der Waals surface area contributed by atoms with E-state index in [0.29, 0.717) is 6.54 Å². The molecule has 1 amide bonds. The molecule has 1 aromatic rings. The molecule has 1 heterocycles. The Kier molecular flexibility index (Phi) is 5.93. The maximum Gasteiger partial charge on any atom is 0.307 e. The van der Waals surface area contributed by atoms with Crippen molar-refractivity contribution in [2.75, 3.05) is 13.2 Å². The number of carbonyl (C=O) groups is 1. The van der Waals surface area contributed by atoms with Crippen LogP contribution in [0, 0.1) is 6.92 Å². The van der Waals surface area contributed by atoms with Crippen molar-refractivity contribution in [3.8, 4) is 0 Å². The molecule has 0 fully saturated rings. The Morgan fingerprint density at radius 2 is 2.24 bits per heavy atom. The quantitative estimate of drug-likeness (QED) is 0.699. The molecule has 17 heavy (non-hydrogen) atoms. The number of carbonyl (C=O) groups excluding carboxylic acids is 1. The molecule has 5 nitrogen and oxygen atoms in total. The van der Waals surface area contributed by atoms with Gasteiger partial charge in [-0.1, -0.05) is 11.3 Å². The first-order valence-electron chi connectivity index (χ1n) is 5.67. The number of aliphatic hydroxyl groups is 1. The summed E-state index contributed by atoms with van der Waals surface area (Å²) < 4.78 is 1.47. The van der Waals surface area contributed by atoms with Crippen LogP contribution in [0.3, 0.4) is 0 Å². The average Bonchev–Trinajstić information content (AvgIpc) is 2.60. The van der Waals surface area contributed by atoms with Crippen LogP contribution < -0.4 is 10.2 Å². The number of hydrogen-bond acceptors (Lipinski definition) is 4. The Balaban J connectivity index is 2.28. The Morgan fingerprint density at radius 3 is 2.82 bits per heavy atom. The first-order chi connectivity index (χ1) is 8.15. The Bertz CT molecular complexity index is 411. The molecule has 0 aliphatic rings. The van der Waals surface area contributed by atoms with Gasteiger partial charge in [-0.15, -0.1) is 0 Å². The largest absolute Gasteiger partial charge is 0.396 e. The van der Waals surface area contributed by atoms with E-state index in [0.717, 1.165) is 36.3 Å². The van der Waals surface area contributed by atoms with Crippen molar-refractivity contribution in [2.24, 2.45) is 0 Å². The summed E-state index contributed by atoms with van der Waals surface area (Å²) in [7, 11) is 0. The minimum Gasteiger partial charge on any atom is -0.396 e. The lowest BCUT2D eigenvalue weighted by Crippen LogP contribution is -2.31. The molecule has 0 aliphatic heterocycles. The predicted octanol–water partition coefficient (Wildman–Crippen LogP) is 0.497. The summed E-state index contributed by atoms with van der Waals surface area (Å²) in [6.07, 6.45) is 2.51. The number of nitrogens with one attached hydrogen (secondary N) is 1. The first kappa shape index (κ1) is 13.9. The van der Waals surface area contributed by atoms with Gasteiger partial charge in [0.05, 0.1) is 0 Å². The lowest BCUT2D eigenvalue weighted by molar-refractivity contribution is -0.121. The third-order valence-corrected chi connectivity index (χ3v) is 3.32. The second-order valence-corrected chi connectivity index (χ2v) is 4.68. The molecule has 6 heteroatoms. The molecule has 0 aliphatic carbocycles. The van der Waals surface area contributed by atoms with Crippen LogP contribution in [0.5, 0.6) is 0 Å². The zero-order valence-electron chi connectivity index (χ0n) is 9.94. The van der Waals surface area contributed by atoms with Gasteiger partial charge in [0.15, 0.2) is 0 Å². The smallest absolute Gasteiger partial charge is 0.307 e. The monoisotopic (exact) mass is 258 g/mol. The molecule has 0 unspecified atom stereocenters. The van der Waals surface area contributed by atoms with E-state index in [2.05, 4.69) is 5.32 Å². The summed E-state index contributed by atoms with van der Waals surface area (Å²) in [5, 5.41) is 13.1. The van der Waals surface area contributed by atoms with Gasteiger partial charge < -0.3 is 10.4 Å². The molecule has 2 N–H and O–H groups in total. The van der Waals surface area contributed by atoms with Crippen molar-refractivity contribution in [1.29, 1.82) is 0 Å². The number of nitrogens with zero attached hydrogens (tertiary/aromatic N) is 1. The van der Waals surface area contributed by atoms with Gasteiger partial charge in [-0.2, -0.15) is 0 Å². The van der Waals surface area contributed by atoms with Gasteiger partial charge in [-0.25, -0.2) is 0 Å². The van der Waals surface area contributed by atoms with E-state index in [-0.39, 0.29) is 23.9 Å². The lowest BCUT2D eigenvalue weighted by Gasteiger charge is -2.06. The molecule has 0 saturated carbocycles. The summed E-state index contributed by atoms with van der Waals surface area (Å²) in [6, 6.07) is 0. The molecule has 0 spiro atoms. The van der Waals surface area contributed by atoms with Crippen molar-refractivity contribution in [3.63, 3.8) is 0 Å². The van der Waals surface area contributed by atoms with Crippen LogP contribution in [-0.4, -0.2) is 28.7 Å². The first-order valence-corrected chi connectivity index (χ1v) is 6.55. The summed E-state index contributed by atoms with van der Waals surface area (Å²) >= 11 is 1.11. The summed E-state index contributed by atoms with van der Waals surface area (Å²) in [5.74, 6) is -0.141. The fraction of sp³-hybridized carbons (Fsp3) is 0.636. The minimum atomic E-state index is -0.141. The zero-order valence-corrected chi connectivity index (χ0v) is 10.8. The Hall–Kier alpha value is -1.14. The standard InChI is InChI=1S/C11H18N2O3S/c1-9-8-17-11(16)13(9)7-10(15)12-5-3-2-4-6-14/h8,14H,2-7H2,1H3,(H,12,15). The number of unbranched alkanes of at least 4 members (excludes halogenated alkanes) is 2. The van der Waals surface area contributed by atoms with Crippen molar-refractivity contribution < 1.29 is 9.90 Å². The van der Waals surface area contributed by atoms with Crippen LogP contribution in [-0.2, 0) is 11.3 Å². The third-order valence-electron chi connectivity index (χ3n) is 2.44. The topological polar surface area (TPSA) is 71.3 Å². The van der Waals surface area contributed by atoms with Gasteiger partial charge in [0, 0.05) is 24.2 Å². The van der Waals surface area contributed by atoms with E-state index < -0.39 is 0 Å².